The minimum Gasteiger partial charge on any atom is -0.311 e. The molecule has 1 N–H and O–H groups in total. The molecule has 108 valence electrons. The van der Waals surface area contributed by atoms with E-state index >= 15 is 0 Å². The Kier molecular flexibility index (Phi) is 5.04. The maximum Gasteiger partial charge on any atom is 0.0333 e. The molecule has 1 aliphatic rings. The lowest BCUT2D eigenvalue weighted by atomic mass is 9.85. The van der Waals surface area contributed by atoms with Gasteiger partial charge in [0, 0.05) is 31.2 Å². The summed E-state index contributed by atoms with van der Waals surface area (Å²) in [5.74, 6) is 0.705. The van der Waals surface area contributed by atoms with Crippen LogP contribution in [0.4, 0.5) is 0 Å². The van der Waals surface area contributed by atoms with Gasteiger partial charge in [-0.1, -0.05) is 27.7 Å². The summed E-state index contributed by atoms with van der Waals surface area (Å²) in [5, 5.41) is 8.27. The Balaban J connectivity index is 2.15. The monoisotopic (exact) mass is 280 g/mol. The van der Waals surface area contributed by atoms with Crippen LogP contribution >= 0.6 is 11.3 Å². The van der Waals surface area contributed by atoms with Gasteiger partial charge in [-0.15, -0.1) is 0 Å². The fraction of sp³-hybridized carbons (Fsp3) is 0.750. The molecule has 1 aromatic heterocycles. The van der Waals surface area contributed by atoms with Crippen molar-refractivity contribution in [2.45, 2.75) is 58.7 Å². The van der Waals surface area contributed by atoms with Crippen LogP contribution < -0.4 is 5.32 Å². The molecule has 0 spiro atoms. The fourth-order valence-corrected chi connectivity index (χ4v) is 3.82. The van der Waals surface area contributed by atoms with Gasteiger partial charge in [0.1, 0.15) is 0 Å². The quantitative estimate of drug-likeness (QED) is 0.884. The Hall–Kier alpha value is -0.380. The highest BCUT2D eigenvalue weighted by molar-refractivity contribution is 7.07. The van der Waals surface area contributed by atoms with E-state index in [2.05, 4.69) is 54.7 Å². The third-order valence-corrected chi connectivity index (χ3v) is 5.59. The van der Waals surface area contributed by atoms with Gasteiger partial charge in [-0.25, -0.2) is 0 Å². The molecule has 0 bridgehead atoms. The lowest BCUT2D eigenvalue weighted by molar-refractivity contribution is 0.0157. The number of thiophene rings is 1. The first kappa shape index (κ1) is 15.0. The zero-order valence-electron chi connectivity index (χ0n) is 12.8. The molecule has 0 aliphatic carbocycles. The predicted molar refractivity (Wildman–Crippen MR) is 84.7 cm³/mol. The number of rotatable bonds is 5. The molecule has 1 fully saturated rings. The number of piperazine rings is 1. The maximum absolute atomic E-state index is 3.78. The number of nitrogens with zero attached hydrogens (tertiary/aromatic N) is 1. The van der Waals surface area contributed by atoms with Crippen LogP contribution in [-0.2, 0) is 6.54 Å². The third kappa shape index (κ3) is 3.21. The van der Waals surface area contributed by atoms with Gasteiger partial charge in [-0.3, -0.25) is 4.90 Å². The normalized spacial score (nSPS) is 23.9. The molecular weight excluding hydrogens is 252 g/mol. The van der Waals surface area contributed by atoms with Crippen molar-refractivity contribution in [3.8, 4) is 0 Å². The molecular formula is C16H28N2S. The highest BCUT2D eigenvalue weighted by atomic mass is 32.1. The van der Waals surface area contributed by atoms with Gasteiger partial charge in [0.15, 0.2) is 0 Å². The average Bonchev–Trinajstić information content (AvgIpc) is 2.92. The first-order chi connectivity index (χ1) is 9.11. The van der Waals surface area contributed by atoms with E-state index < -0.39 is 0 Å². The number of hydrogen-bond acceptors (Lipinski definition) is 3. The summed E-state index contributed by atoms with van der Waals surface area (Å²) in [6.45, 7) is 12.7. The van der Waals surface area contributed by atoms with E-state index in [1.165, 1.54) is 24.9 Å². The Morgan fingerprint density at radius 3 is 2.68 bits per heavy atom. The summed E-state index contributed by atoms with van der Waals surface area (Å²) in [6, 6.07) is 2.90. The molecule has 0 aromatic carbocycles. The van der Waals surface area contributed by atoms with Crippen LogP contribution in [0.15, 0.2) is 16.8 Å². The second-order valence-electron chi connectivity index (χ2n) is 6.17. The second-order valence-corrected chi connectivity index (χ2v) is 6.96. The molecule has 0 radical (unpaired) electrons. The summed E-state index contributed by atoms with van der Waals surface area (Å²) in [5.41, 5.74) is 1.81. The molecule has 1 saturated heterocycles. The van der Waals surface area contributed by atoms with E-state index in [0.29, 0.717) is 17.5 Å². The molecule has 19 heavy (non-hydrogen) atoms. The van der Waals surface area contributed by atoms with Crippen molar-refractivity contribution in [2.75, 3.05) is 13.1 Å². The van der Waals surface area contributed by atoms with E-state index in [9.17, 15) is 0 Å². The van der Waals surface area contributed by atoms with Crippen molar-refractivity contribution in [3.05, 3.63) is 22.4 Å². The predicted octanol–water partition coefficient (Wildman–Crippen LogP) is 3.74. The van der Waals surface area contributed by atoms with Crippen LogP contribution in [0.2, 0.25) is 0 Å². The minimum atomic E-state index is 0.341. The van der Waals surface area contributed by atoms with Crippen LogP contribution in [0.5, 0.6) is 0 Å². The van der Waals surface area contributed by atoms with Gasteiger partial charge in [0.05, 0.1) is 0 Å². The zero-order valence-corrected chi connectivity index (χ0v) is 13.6. The molecule has 0 amide bonds. The highest BCUT2D eigenvalue weighted by Gasteiger charge is 2.39. The van der Waals surface area contributed by atoms with Crippen molar-refractivity contribution >= 4 is 11.3 Å². The van der Waals surface area contributed by atoms with Crippen molar-refractivity contribution in [2.24, 2.45) is 5.92 Å². The van der Waals surface area contributed by atoms with Gasteiger partial charge in [-0.2, -0.15) is 11.3 Å². The van der Waals surface area contributed by atoms with Gasteiger partial charge >= 0.3 is 0 Å². The Morgan fingerprint density at radius 2 is 2.16 bits per heavy atom. The SMILES string of the molecule is CCC1(CC)CNC(C(C)C)CN1Cc1ccsc1. The van der Waals surface area contributed by atoms with Crippen LogP contribution in [-0.4, -0.2) is 29.6 Å². The fourth-order valence-electron chi connectivity index (χ4n) is 3.16. The number of nitrogens with one attached hydrogen (secondary N) is 1. The summed E-state index contributed by atoms with van der Waals surface area (Å²) in [4.78, 5) is 2.73. The van der Waals surface area contributed by atoms with Crippen molar-refractivity contribution in [1.82, 2.24) is 10.2 Å². The Morgan fingerprint density at radius 1 is 1.42 bits per heavy atom. The van der Waals surface area contributed by atoms with E-state index in [-0.39, 0.29) is 0 Å². The summed E-state index contributed by atoms with van der Waals surface area (Å²) >= 11 is 1.81. The Labute approximate surface area is 122 Å². The Bertz CT molecular complexity index is 368. The molecule has 3 heteroatoms. The standard InChI is InChI=1S/C16H28N2S/c1-5-16(6-2)12-17-15(13(3)4)10-18(16)9-14-7-8-19-11-14/h7-8,11,13,15,17H,5-6,9-10,12H2,1-4H3. The van der Waals surface area contributed by atoms with E-state index in [4.69, 9.17) is 0 Å². The second kappa shape index (κ2) is 6.38. The third-order valence-electron chi connectivity index (χ3n) is 4.86. The molecule has 1 aliphatic heterocycles. The topological polar surface area (TPSA) is 15.3 Å². The van der Waals surface area contributed by atoms with Crippen molar-refractivity contribution < 1.29 is 0 Å². The lowest BCUT2D eigenvalue weighted by Crippen LogP contribution is -2.64. The van der Waals surface area contributed by atoms with Gasteiger partial charge < -0.3 is 5.32 Å². The van der Waals surface area contributed by atoms with E-state index in [1.54, 1.807) is 0 Å². The molecule has 2 nitrogen and oxygen atoms in total. The van der Waals surface area contributed by atoms with Crippen LogP contribution in [0.3, 0.4) is 0 Å². The highest BCUT2D eigenvalue weighted by Crippen LogP contribution is 2.30. The molecule has 2 heterocycles. The van der Waals surface area contributed by atoms with Crippen LogP contribution in [0.1, 0.15) is 46.1 Å². The van der Waals surface area contributed by atoms with Crippen molar-refractivity contribution in [1.29, 1.82) is 0 Å². The van der Waals surface area contributed by atoms with E-state index in [0.717, 1.165) is 13.1 Å². The molecule has 2 rings (SSSR count). The molecule has 1 atom stereocenters. The lowest BCUT2D eigenvalue weighted by Gasteiger charge is -2.50. The van der Waals surface area contributed by atoms with Crippen LogP contribution in [0.25, 0.3) is 0 Å². The summed E-state index contributed by atoms with van der Waals surface area (Å²) in [7, 11) is 0. The first-order valence-electron chi connectivity index (χ1n) is 7.61. The first-order valence-corrected chi connectivity index (χ1v) is 8.55. The van der Waals surface area contributed by atoms with Crippen LogP contribution in [0, 0.1) is 5.92 Å². The minimum absolute atomic E-state index is 0.341. The summed E-state index contributed by atoms with van der Waals surface area (Å²) in [6.07, 6.45) is 2.46. The molecule has 1 aromatic rings. The zero-order chi connectivity index (χ0) is 13.9. The van der Waals surface area contributed by atoms with Gasteiger partial charge in [0.25, 0.3) is 0 Å². The van der Waals surface area contributed by atoms with Crippen molar-refractivity contribution in [3.63, 3.8) is 0 Å². The van der Waals surface area contributed by atoms with Gasteiger partial charge in [-0.05, 0) is 41.1 Å². The summed E-state index contributed by atoms with van der Waals surface area (Å²) < 4.78 is 0. The van der Waals surface area contributed by atoms with E-state index in [1.807, 2.05) is 11.3 Å². The molecule has 1 unspecified atom stereocenters. The average molecular weight is 280 g/mol. The van der Waals surface area contributed by atoms with Gasteiger partial charge in [0.2, 0.25) is 0 Å². The molecule has 0 saturated carbocycles. The number of hydrogen-bond donors (Lipinski definition) is 1. The largest absolute Gasteiger partial charge is 0.311 e. The maximum atomic E-state index is 3.78. The smallest absolute Gasteiger partial charge is 0.0333 e.